The normalized spacial score (nSPS) is 11.0. The molecule has 0 heterocycles. The first kappa shape index (κ1) is 9.32. The maximum absolute atomic E-state index is 10.4. The lowest BCUT2D eigenvalue weighted by Gasteiger charge is -2.01. The van der Waals surface area contributed by atoms with Gasteiger partial charge in [-0.2, -0.15) is 0 Å². The number of benzene rings is 1. The summed E-state index contributed by atoms with van der Waals surface area (Å²) in [4.78, 5) is 10.4. The Morgan fingerprint density at radius 3 is 2.38 bits per heavy atom. The summed E-state index contributed by atoms with van der Waals surface area (Å²) in [6, 6.07) is 6.86. The van der Waals surface area contributed by atoms with Gasteiger partial charge < -0.3 is 9.84 Å². The number of ether oxygens (including phenoxy) is 1. The molecule has 13 heavy (non-hydrogen) atoms. The minimum atomic E-state index is 0.252. The molecule has 0 unspecified atom stereocenters. The van der Waals surface area contributed by atoms with Gasteiger partial charge in [0.05, 0.1) is 18.9 Å². The van der Waals surface area contributed by atoms with Crippen LogP contribution in [0.2, 0.25) is 0 Å². The number of aliphatic hydroxyl groups excluding tert-OH is 1. The molecule has 0 radical (unpaired) electrons. The van der Waals surface area contributed by atoms with Gasteiger partial charge in [-0.1, -0.05) is 12.1 Å². The summed E-state index contributed by atoms with van der Waals surface area (Å²) >= 11 is 0. The third kappa shape index (κ3) is 2.08. The van der Waals surface area contributed by atoms with Crippen LogP contribution in [0.15, 0.2) is 30.5 Å². The fraction of sp³-hybridized carbons (Fsp3) is 0.100. The van der Waals surface area contributed by atoms with Crippen molar-refractivity contribution < 1.29 is 14.6 Å². The smallest absolute Gasteiger partial charge is 0.153 e. The van der Waals surface area contributed by atoms with Crippen LogP contribution in [0.4, 0.5) is 0 Å². The Hall–Kier alpha value is -1.77. The average Bonchev–Trinajstić information content (AvgIpc) is 2.21. The van der Waals surface area contributed by atoms with Crippen LogP contribution in [0.5, 0.6) is 5.75 Å². The Balaban J connectivity index is 2.97. The van der Waals surface area contributed by atoms with E-state index in [1.807, 2.05) is 0 Å². The molecule has 1 rings (SSSR count). The molecule has 0 fully saturated rings. The second-order valence-corrected chi connectivity index (χ2v) is 2.43. The van der Waals surface area contributed by atoms with Gasteiger partial charge in [-0.15, -0.1) is 0 Å². The van der Waals surface area contributed by atoms with E-state index in [1.165, 1.54) is 0 Å². The number of hydrogen-bond acceptors (Lipinski definition) is 3. The van der Waals surface area contributed by atoms with Crippen LogP contribution in [0.1, 0.15) is 5.56 Å². The third-order valence-electron chi connectivity index (χ3n) is 1.69. The number of allylic oxidation sites excluding steroid dienone is 1. The van der Waals surface area contributed by atoms with Crippen LogP contribution in [0.3, 0.4) is 0 Å². The van der Waals surface area contributed by atoms with E-state index in [0.29, 0.717) is 17.6 Å². The maximum Gasteiger partial charge on any atom is 0.153 e. The molecule has 0 aliphatic carbocycles. The van der Waals surface area contributed by atoms with Crippen LogP contribution in [-0.2, 0) is 4.79 Å². The molecule has 3 nitrogen and oxygen atoms in total. The van der Waals surface area contributed by atoms with Gasteiger partial charge in [0, 0.05) is 0 Å². The zero-order valence-electron chi connectivity index (χ0n) is 7.23. The lowest BCUT2D eigenvalue weighted by molar-refractivity contribution is -0.103. The van der Waals surface area contributed by atoms with E-state index in [2.05, 4.69) is 0 Å². The fourth-order valence-electron chi connectivity index (χ4n) is 0.956. The minimum absolute atomic E-state index is 0.252. The van der Waals surface area contributed by atoms with Crippen molar-refractivity contribution in [2.45, 2.75) is 0 Å². The standard InChI is InChI=1S/C10H10O3/c1-13-10-4-2-8(3-5-10)9(6-11)7-12/h2-7,11H,1H3/b9-6+. The SMILES string of the molecule is COc1ccc(/C(C=O)=C/O)cc1. The van der Waals surface area contributed by atoms with Gasteiger partial charge in [-0.3, -0.25) is 4.79 Å². The van der Waals surface area contributed by atoms with Gasteiger partial charge >= 0.3 is 0 Å². The van der Waals surface area contributed by atoms with Crippen LogP contribution in [-0.4, -0.2) is 18.5 Å². The highest BCUT2D eigenvalue weighted by Crippen LogP contribution is 2.16. The van der Waals surface area contributed by atoms with Gasteiger partial charge in [-0.25, -0.2) is 0 Å². The second kappa shape index (κ2) is 4.30. The Morgan fingerprint density at radius 1 is 1.38 bits per heavy atom. The van der Waals surface area contributed by atoms with E-state index in [4.69, 9.17) is 9.84 Å². The Kier molecular flexibility index (Phi) is 3.09. The summed E-state index contributed by atoms with van der Waals surface area (Å²) in [5.41, 5.74) is 0.918. The van der Waals surface area contributed by atoms with E-state index < -0.39 is 0 Å². The van der Waals surface area contributed by atoms with E-state index in [9.17, 15) is 4.79 Å². The zero-order chi connectivity index (χ0) is 9.68. The number of methoxy groups -OCH3 is 1. The fourth-order valence-corrected chi connectivity index (χ4v) is 0.956. The van der Waals surface area contributed by atoms with Crippen molar-refractivity contribution in [2.75, 3.05) is 7.11 Å². The Morgan fingerprint density at radius 2 is 2.00 bits per heavy atom. The largest absolute Gasteiger partial charge is 0.515 e. The van der Waals surface area contributed by atoms with Crippen LogP contribution < -0.4 is 4.74 Å². The van der Waals surface area contributed by atoms with Gasteiger partial charge in [0.1, 0.15) is 5.75 Å². The van der Waals surface area contributed by atoms with Crippen LogP contribution in [0, 0.1) is 0 Å². The molecule has 0 spiro atoms. The predicted molar refractivity (Wildman–Crippen MR) is 49.7 cm³/mol. The molecule has 1 N–H and O–H groups in total. The molecule has 0 bridgehead atoms. The first-order chi connectivity index (χ1) is 6.31. The highest BCUT2D eigenvalue weighted by atomic mass is 16.5. The van der Waals surface area contributed by atoms with Crippen molar-refractivity contribution in [3.8, 4) is 5.75 Å². The van der Waals surface area contributed by atoms with Crippen LogP contribution >= 0.6 is 0 Å². The second-order valence-electron chi connectivity index (χ2n) is 2.43. The molecule has 68 valence electrons. The Labute approximate surface area is 76.3 Å². The quantitative estimate of drug-likeness (QED) is 0.436. The predicted octanol–water partition coefficient (Wildman–Crippen LogP) is 1.79. The van der Waals surface area contributed by atoms with Crippen molar-refractivity contribution in [1.82, 2.24) is 0 Å². The molecule has 0 amide bonds. The number of carbonyl (C=O) groups excluding carboxylic acids is 1. The number of aliphatic hydroxyl groups is 1. The summed E-state index contributed by atoms with van der Waals surface area (Å²) in [6.07, 6.45) is 1.39. The molecule has 0 aliphatic heterocycles. The molecule has 3 heteroatoms. The molecular weight excluding hydrogens is 168 g/mol. The van der Waals surface area contributed by atoms with Gasteiger partial charge in [0.2, 0.25) is 0 Å². The van der Waals surface area contributed by atoms with Crippen LogP contribution in [0.25, 0.3) is 5.57 Å². The summed E-state index contributed by atoms with van der Waals surface area (Å²) in [6.45, 7) is 0. The Bertz CT molecular complexity index is 311. The topological polar surface area (TPSA) is 46.5 Å². The lowest BCUT2D eigenvalue weighted by Crippen LogP contribution is -1.87. The van der Waals surface area contributed by atoms with Gasteiger partial charge in [0.25, 0.3) is 0 Å². The highest BCUT2D eigenvalue weighted by molar-refractivity contribution is 6.06. The lowest BCUT2D eigenvalue weighted by atomic mass is 10.1. The molecule has 0 aromatic heterocycles. The van der Waals surface area contributed by atoms with Crippen molar-refractivity contribution in [3.63, 3.8) is 0 Å². The summed E-state index contributed by atoms with van der Waals surface area (Å²) in [5, 5.41) is 8.68. The van der Waals surface area contributed by atoms with E-state index >= 15 is 0 Å². The molecule has 0 saturated carbocycles. The summed E-state index contributed by atoms with van der Waals surface area (Å²) in [7, 11) is 1.57. The number of hydrogen-bond donors (Lipinski definition) is 1. The van der Waals surface area contributed by atoms with Crippen molar-refractivity contribution in [2.24, 2.45) is 0 Å². The van der Waals surface area contributed by atoms with E-state index in [0.717, 1.165) is 6.26 Å². The van der Waals surface area contributed by atoms with E-state index in [1.54, 1.807) is 31.4 Å². The van der Waals surface area contributed by atoms with Crippen molar-refractivity contribution in [3.05, 3.63) is 36.1 Å². The van der Waals surface area contributed by atoms with Crippen molar-refractivity contribution >= 4 is 11.9 Å². The first-order valence-corrected chi connectivity index (χ1v) is 3.75. The minimum Gasteiger partial charge on any atom is -0.515 e. The van der Waals surface area contributed by atoms with E-state index in [-0.39, 0.29) is 5.57 Å². The maximum atomic E-state index is 10.4. The van der Waals surface area contributed by atoms with Crippen molar-refractivity contribution in [1.29, 1.82) is 0 Å². The molecule has 0 aliphatic rings. The molecular formula is C10H10O3. The van der Waals surface area contributed by atoms with Gasteiger partial charge in [0.15, 0.2) is 6.29 Å². The number of carbonyl (C=O) groups is 1. The first-order valence-electron chi connectivity index (χ1n) is 3.75. The monoisotopic (exact) mass is 178 g/mol. The summed E-state index contributed by atoms with van der Waals surface area (Å²) in [5.74, 6) is 0.715. The zero-order valence-corrected chi connectivity index (χ0v) is 7.23. The van der Waals surface area contributed by atoms with Gasteiger partial charge in [-0.05, 0) is 17.7 Å². The number of rotatable bonds is 3. The highest BCUT2D eigenvalue weighted by Gasteiger charge is 1.99. The third-order valence-corrected chi connectivity index (χ3v) is 1.69. The molecule has 0 saturated heterocycles. The molecule has 1 aromatic rings. The molecule has 1 aromatic carbocycles. The number of aldehydes is 1. The molecule has 0 atom stereocenters. The summed E-state index contributed by atoms with van der Waals surface area (Å²) < 4.78 is 4.95. The average molecular weight is 178 g/mol.